The van der Waals surface area contributed by atoms with Crippen LogP contribution in [0.15, 0.2) is 41.2 Å². The van der Waals surface area contributed by atoms with E-state index >= 15 is 0 Å². The zero-order chi connectivity index (χ0) is 19.2. The second kappa shape index (κ2) is 6.59. The monoisotopic (exact) mass is 392 g/mol. The van der Waals surface area contributed by atoms with E-state index in [0.29, 0.717) is 25.2 Å². The van der Waals surface area contributed by atoms with E-state index in [4.69, 9.17) is 14.3 Å². The van der Waals surface area contributed by atoms with E-state index < -0.39 is 0 Å². The predicted octanol–water partition coefficient (Wildman–Crippen LogP) is 1.43. The maximum Gasteiger partial charge on any atom is 0.320 e. The van der Waals surface area contributed by atoms with E-state index in [1.165, 1.54) is 0 Å². The topological polar surface area (TPSA) is 101 Å². The van der Waals surface area contributed by atoms with Crippen LogP contribution in [0.4, 0.5) is 12.0 Å². The van der Waals surface area contributed by atoms with E-state index in [9.17, 15) is 0 Å². The lowest BCUT2D eigenvalue weighted by atomic mass is 10.0. The number of pyridine rings is 1. The van der Waals surface area contributed by atoms with Gasteiger partial charge in [-0.05, 0) is 18.2 Å². The summed E-state index contributed by atoms with van der Waals surface area (Å²) >= 11 is 0. The first kappa shape index (κ1) is 16.5. The standard InChI is InChI=1S/C19H20N8O2/c1-2-5-27-13(3-1)11-15(24-27)17-16-14(20-12-21-16)4-6-26(17)19-23-22-18(29-19)25-7-9-28-10-8-25/h1-3,5,11-12,17H,4,6-10H2,(H,20,21). The highest BCUT2D eigenvalue weighted by Gasteiger charge is 2.36. The Balaban J connectivity index is 1.40. The van der Waals surface area contributed by atoms with Gasteiger partial charge in [-0.3, -0.25) is 0 Å². The van der Waals surface area contributed by atoms with Crippen molar-refractivity contribution < 1.29 is 9.15 Å². The average molecular weight is 392 g/mol. The van der Waals surface area contributed by atoms with Crippen LogP contribution >= 0.6 is 0 Å². The Labute approximate surface area is 166 Å². The number of morpholine rings is 1. The third kappa shape index (κ3) is 2.75. The molecule has 0 aromatic carbocycles. The lowest BCUT2D eigenvalue weighted by molar-refractivity contribution is 0.120. The van der Waals surface area contributed by atoms with Crippen LogP contribution in [0, 0.1) is 0 Å². The number of H-pyrrole nitrogens is 1. The van der Waals surface area contributed by atoms with Gasteiger partial charge >= 0.3 is 12.0 Å². The molecule has 4 aromatic rings. The second-order valence-electron chi connectivity index (χ2n) is 7.22. The largest absolute Gasteiger partial charge is 0.389 e. The Hall–Kier alpha value is -3.40. The Morgan fingerprint density at radius 2 is 1.97 bits per heavy atom. The molecule has 0 spiro atoms. The van der Waals surface area contributed by atoms with Gasteiger partial charge in [0.2, 0.25) is 0 Å². The summed E-state index contributed by atoms with van der Waals surface area (Å²) in [6, 6.07) is 8.93. The van der Waals surface area contributed by atoms with Crippen molar-refractivity contribution in [1.29, 1.82) is 0 Å². The van der Waals surface area contributed by atoms with Crippen LogP contribution < -0.4 is 9.80 Å². The van der Waals surface area contributed by atoms with Gasteiger partial charge in [-0.1, -0.05) is 16.3 Å². The summed E-state index contributed by atoms with van der Waals surface area (Å²) in [5.74, 6) is 0. The first-order chi connectivity index (χ1) is 14.4. The Morgan fingerprint density at radius 3 is 2.86 bits per heavy atom. The number of aromatic nitrogens is 6. The summed E-state index contributed by atoms with van der Waals surface area (Å²) < 4.78 is 13.4. The van der Waals surface area contributed by atoms with E-state index in [0.717, 1.165) is 48.7 Å². The number of ether oxygens (including phenoxy) is 1. The molecular formula is C19H20N8O2. The molecule has 10 nitrogen and oxygen atoms in total. The van der Waals surface area contributed by atoms with E-state index in [1.807, 2.05) is 28.9 Å². The smallest absolute Gasteiger partial charge is 0.320 e. The van der Waals surface area contributed by atoms with Gasteiger partial charge in [0.05, 0.1) is 36.4 Å². The molecular weight excluding hydrogens is 372 g/mol. The third-order valence-corrected chi connectivity index (χ3v) is 5.52. The SMILES string of the molecule is c1ccn2nc(C3c4nc[nH]c4CCN3c3nnc(N4CCOCC4)o3)cc2c1. The maximum atomic E-state index is 6.08. The van der Waals surface area contributed by atoms with Crippen molar-refractivity contribution in [3.05, 3.63) is 53.9 Å². The fourth-order valence-corrected chi connectivity index (χ4v) is 4.08. The van der Waals surface area contributed by atoms with Gasteiger partial charge in [-0.25, -0.2) is 9.50 Å². The molecule has 2 aliphatic rings. The van der Waals surface area contributed by atoms with Crippen molar-refractivity contribution in [2.24, 2.45) is 0 Å². The van der Waals surface area contributed by atoms with Crippen molar-refractivity contribution >= 4 is 17.5 Å². The summed E-state index contributed by atoms with van der Waals surface area (Å²) in [4.78, 5) is 12.0. The molecule has 6 rings (SSSR count). The van der Waals surface area contributed by atoms with Crippen molar-refractivity contribution in [3.63, 3.8) is 0 Å². The molecule has 0 bridgehead atoms. The van der Waals surface area contributed by atoms with Crippen LogP contribution in [0.5, 0.6) is 0 Å². The minimum atomic E-state index is -0.192. The summed E-state index contributed by atoms with van der Waals surface area (Å²) in [5, 5.41) is 13.4. The van der Waals surface area contributed by atoms with Crippen LogP contribution in [0.2, 0.25) is 0 Å². The minimum absolute atomic E-state index is 0.192. The molecule has 4 aromatic heterocycles. The molecule has 6 heterocycles. The number of imidazole rings is 1. The number of anilines is 2. The number of aromatic amines is 1. The number of hydrogen-bond acceptors (Lipinski definition) is 8. The van der Waals surface area contributed by atoms with Crippen LogP contribution in [-0.4, -0.2) is 62.6 Å². The second-order valence-corrected chi connectivity index (χ2v) is 7.22. The maximum absolute atomic E-state index is 6.08. The highest BCUT2D eigenvalue weighted by molar-refractivity contribution is 5.52. The third-order valence-electron chi connectivity index (χ3n) is 5.52. The van der Waals surface area contributed by atoms with Crippen molar-refractivity contribution in [1.82, 2.24) is 29.8 Å². The molecule has 0 saturated carbocycles. The molecule has 2 aliphatic heterocycles. The molecule has 1 saturated heterocycles. The van der Waals surface area contributed by atoms with Crippen LogP contribution in [-0.2, 0) is 11.2 Å². The lowest BCUT2D eigenvalue weighted by Crippen LogP contribution is -2.37. The predicted molar refractivity (Wildman–Crippen MR) is 104 cm³/mol. The average Bonchev–Trinajstić information content (AvgIpc) is 3.52. The summed E-state index contributed by atoms with van der Waals surface area (Å²) in [5.41, 5.74) is 4.00. The lowest BCUT2D eigenvalue weighted by Gasteiger charge is -2.32. The Morgan fingerprint density at radius 1 is 1.07 bits per heavy atom. The fourth-order valence-electron chi connectivity index (χ4n) is 4.08. The number of nitrogens with zero attached hydrogens (tertiary/aromatic N) is 7. The van der Waals surface area contributed by atoms with Gasteiger partial charge in [-0.15, -0.1) is 0 Å². The van der Waals surface area contributed by atoms with Gasteiger partial charge < -0.3 is 23.9 Å². The first-order valence-electron chi connectivity index (χ1n) is 9.76. The van der Waals surface area contributed by atoms with Crippen molar-refractivity contribution in [2.75, 3.05) is 42.6 Å². The van der Waals surface area contributed by atoms with Gasteiger partial charge in [0.15, 0.2) is 0 Å². The number of rotatable bonds is 3. The fraction of sp³-hybridized carbons (Fsp3) is 0.368. The molecule has 0 radical (unpaired) electrons. The van der Waals surface area contributed by atoms with E-state index in [2.05, 4.69) is 36.0 Å². The molecule has 10 heteroatoms. The number of hydrogen-bond donors (Lipinski definition) is 1. The summed E-state index contributed by atoms with van der Waals surface area (Å²) in [6.45, 7) is 3.57. The molecule has 1 atom stereocenters. The molecule has 29 heavy (non-hydrogen) atoms. The molecule has 1 N–H and O–H groups in total. The molecule has 1 fully saturated rings. The highest BCUT2D eigenvalue weighted by atomic mass is 16.5. The number of nitrogens with one attached hydrogen (secondary N) is 1. The van der Waals surface area contributed by atoms with Crippen LogP contribution in [0.1, 0.15) is 23.1 Å². The summed E-state index contributed by atoms with van der Waals surface area (Å²) in [7, 11) is 0. The normalized spacial score (nSPS) is 19.7. The zero-order valence-electron chi connectivity index (χ0n) is 15.7. The highest BCUT2D eigenvalue weighted by Crippen LogP contribution is 2.36. The van der Waals surface area contributed by atoms with Gasteiger partial charge in [0.1, 0.15) is 6.04 Å². The Bertz CT molecular complexity index is 1110. The Kier molecular flexibility index (Phi) is 3.76. The minimum Gasteiger partial charge on any atom is -0.389 e. The van der Waals surface area contributed by atoms with Gasteiger partial charge in [0, 0.05) is 37.9 Å². The van der Waals surface area contributed by atoms with Crippen LogP contribution in [0.25, 0.3) is 5.52 Å². The molecule has 1 unspecified atom stereocenters. The quantitative estimate of drug-likeness (QED) is 0.559. The summed E-state index contributed by atoms with van der Waals surface area (Å²) in [6.07, 6.45) is 4.51. The zero-order valence-corrected chi connectivity index (χ0v) is 15.7. The van der Waals surface area contributed by atoms with Gasteiger partial charge in [-0.2, -0.15) is 5.10 Å². The van der Waals surface area contributed by atoms with Crippen molar-refractivity contribution in [3.8, 4) is 0 Å². The molecule has 0 amide bonds. The van der Waals surface area contributed by atoms with Gasteiger partial charge in [0.25, 0.3) is 0 Å². The molecule has 0 aliphatic carbocycles. The van der Waals surface area contributed by atoms with Crippen molar-refractivity contribution in [2.45, 2.75) is 12.5 Å². The van der Waals surface area contributed by atoms with E-state index in [1.54, 1.807) is 6.33 Å². The van der Waals surface area contributed by atoms with E-state index in [-0.39, 0.29) is 6.04 Å². The molecule has 148 valence electrons. The van der Waals surface area contributed by atoms with Crippen LogP contribution in [0.3, 0.4) is 0 Å². The number of fused-ring (bicyclic) bond motifs is 2. The first-order valence-corrected chi connectivity index (χ1v) is 9.76.